The predicted octanol–water partition coefficient (Wildman–Crippen LogP) is 5.00. The zero-order chi connectivity index (χ0) is 20.4. The molecule has 0 saturated heterocycles. The number of amides is 1. The van der Waals surface area contributed by atoms with E-state index in [4.69, 9.17) is 9.47 Å². The largest absolute Gasteiger partial charge is 0.493 e. The van der Waals surface area contributed by atoms with Crippen LogP contribution in [0.4, 0.5) is 0 Å². The number of rotatable bonds is 11. The highest BCUT2D eigenvalue weighted by Crippen LogP contribution is 2.20. The summed E-state index contributed by atoms with van der Waals surface area (Å²) in [4.78, 5) is 12.5. The van der Waals surface area contributed by atoms with Crippen molar-refractivity contribution in [2.45, 2.75) is 59.5 Å². The molecule has 0 aliphatic carbocycles. The maximum atomic E-state index is 12.5. The predicted molar refractivity (Wildman–Crippen MR) is 114 cm³/mol. The van der Waals surface area contributed by atoms with Crippen molar-refractivity contribution in [3.63, 3.8) is 0 Å². The van der Waals surface area contributed by atoms with Crippen LogP contribution in [-0.4, -0.2) is 25.2 Å². The van der Waals surface area contributed by atoms with Crippen LogP contribution in [0.25, 0.3) is 0 Å². The maximum absolute atomic E-state index is 12.5. The first-order chi connectivity index (χ1) is 13.5. The average molecular weight is 384 g/mol. The fourth-order valence-corrected chi connectivity index (χ4v) is 3.15. The highest BCUT2D eigenvalue weighted by atomic mass is 16.5. The molecule has 0 aromatic heterocycles. The van der Waals surface area contributed by atoms with E-state index in [2.05, 4.69) is 24.4 Å². The molecule has 152 valence electrons. The number of hydrogen-bond acceptors (Lipinski definition) is 3. The Morgan fingerprint density at radius 3 is 2.46 bits per heavy atom. The van der Waals surface area contributed by atoms with Gasteiger partial charge in [0.2, 0.25) is 0 Å². The lowest BCUT2D eigenvalue weighted by atomic mass is 10.1. The summed E-state index contributed by atoms with van der Waals surface area (Å²) in [6.45, 7) is 9.47. The molecule has 0 fully saturated rings. The van der Waals surface area contributed by atoms with Crippen molar-refractivity contribution in [3.05, 3.63) is 59.2 Å². The van der Waals surface area contributed by atoms with Crippen LogP contribution in [0.2, 0.25) is 0 Å². The molecule has 4 nitrogen and oxygen atoms in total. The minimum atomic E-state index is -0.471. The molecule has 0 spiro atoms. The molecule has 0 saturated carbocycles. The van der Waals surface area contributed by atoms with Gasteiger partial charge in [-0.05, 0) is 74.4 Å². The normalized spacial score (nSPS) is 11.7. The highest BCUT2D eigenvalue weighted by molar-refractivity contribution is 5.81. The van der Waals surface area contributed by atoms with Crippen LogP contribution in [-0.2, 0) is 11.2 Å². The maximum Gasteiger partial charge on any atom is 0.261 e. The lowest BCUT2D eigenvalue weighted by Gasteiger charge is -2.18. The van der Waals surface area contributed by atoms with E-state index in [0.29, 0.717) is 13.0 Å². The van der Waals surface area contributed by atoms with E-state index in [0.717, 1.165) is 48.5 Å². The standard InChI is InChI=1S/C24H33NO3/c1-5-14-27-23-12-8-7-10-20(23)11-9-13-25-24(26)22(6-2)28-21-16-18(3)15-19(4)17-21/h7-8,10,12,15-17,22H,5-6,9,11,13-14H2,1-4H3,(H,25,26)/t22-/m1/s1. The number of ether oxygens (including phenoxy) is 2. The molecule has 2 aromatic rings. The first-order valence-corrected chi connectivity index (χ1v) is 10.3. The van der Waals surface area contributed by atoms with E-state index in [1.54, 1.807) is 0 Å². The third-order valence-corrected chi connectivity index (χ3v) is 4.49. The first-order valence-electron chi connectivity index (χ1n) is 10.3. The summed E-state index contributed by atoms with van der Waals surface area (Å²) >= 11 is 0. The fourth-order valence-electron chi connectivity index (χ4n) is 3.15. The van der Waals surface area contributed by atoms with Gasteiger partial charge in [0.25, 0.3) is 5.91 Å². The summed E-state index contributed by atoms with van der Waals surface area (Å²) in [6.07, 6.45) is 2.88. The van der Waals surface area contributed by atoms with Crippen molar-refractivity contribution in [1.29, 1.82) is 0 Å². The molecule has 28 heavy (non-hydrogen) atoms. The Morgan fingerprint density at radius 2 is 1.79 bits per heavy atom. The molecule has 0 unspecified atom stereocenters. The van der Waals surface area contributed by atoms with Crippen molar-refractivity contribution in [3.8, 4) is 11.5 Å². The van der Waals surface area contributed by atoms with E-state index >= 15 is 0 Å². The third kappa shape index (κ3) is 6.91. The van der Waals surface area contributed by atoms with Crippen LogP contribution in [0.1, 0.15) is 49.8 Å². The van der Waals surface area contributed by atoms with E-state index in [1.807, 2.05) is 51.1 Å². The van der Waals surface area contributed by atoms with Crippen molar-refractivity contribution >= 4 is 5.91 Å². The minimum absolute atomic E-state index is 0.0582. The molecule has 2 rings (SSSR count). The lowest BCUT2D eigenvalue weighted by Crippen LogP contribution is -2.38. The summed E-state index contributed by atoms with van der Waals surface area (Å²) in [6, 6.07) is 14.1. The number of aryl methyl sites for hydroxylation is 3. The van der Waals surface area contributed by atoms with E-state index < -0.39 is 6.10 Å². The Labute approximate surface area is 169 Å². The Bertz CT molecular complexity index is 737. The summed E-state index contributed by atoms with van der Waals surface area (Å²) in [5.41, 5.74) is 3.45. The third-order valence-electron chi connectivity index (χ3n) is 4.49. The quantitative estimate of drug-likeness (QED) is 0.556. The SMILES string of the molecule is CCCOc1ccccc1CCCNC(=O)[C@@H](CC)Oc1cc(C)cc(C)c1. The van der Waals surface area contributed by atoms with E-state index in [9.17, 15) is 4.79 Å². The molecular formula is C24H33NO3. The van der Waals surface area contributed by atoms with Gasteiger partial charge in [0.15, 0.2) is 6.10 Å². The van der Waals surface area contributed by atoms with Gasteiger partial charge in [0.05, 0.1) is 6.61 Å². The van der Waals surface area contributed by atoms with Gasteiger partial charge in [-0.2, -0.15) is 0 Å². The van der Waals surface area contributed by atoms with Gasteiger partial charge in [-0.1, -0.05) is 38.1 Å². The van der Waals surface area contributed by atoms with Crippen LogP contribution in [0.15, 0.2) is 42.5 Å². The Balaban J connectivity index is 1.82. The van der Waals surface area contributed by atoms with Crippen LogP contribution >= 0.6 is 0 Å². The van der Waals surface area contributed by atoms with Crippen LogP contribution in [0, 0.1) is 13.8 Å². The number of hydrogen-bond donors (Lipinski definition) is 1. The number of benzene rings is 2. The van der Waals surface area contributed by atoms with Gasteiger partial charge in [-0.3, -0.25) is 4.79 Å². The summed E-state index contributed by atoms with van der Waals surface area (Å²) in [5.74, 6) is 1.64. The van der Waals surface area contributed by atoms with Crippen molar-refractivity contribution in [1.82, 2.24) is 5.32 Å². The lowest BCUT2D eigenvalue weighted by molar-refractivity contribution is -0.128. The smallest absolute Gasteiger partial charge is 0.261 e. The van der Waals surface area contributed by atoms with Crippen LogP contribution < -0.4 is 14.8 Å². The molecule has 4 heteroatoms. The van der Waals surface area contributed by atoms with Gasteiger partial charge in [0, 0.05) is 6.54 Å². The van der Waals surface area contributed by atoms with Crippen molar-refractivity contribution in [2.75, 3.05) is 13.2 Å². The first kappa shape index (κ1) is 21.8. The Kier molecular flexibility index (Phi) is 8.86. The zero-order valence-corrected chi connectivity index (χ0v) is 17.6. The fraction of sp³-hybridized carbons (Fsp3) is 0.458. The Hall–Kier alpha value is -2.49. The molecule has 0 radical (unpaired) electrons. The summed E-state index contributed by atoms with van der Waals surface area (Å²) in [7, 11) is 0. The average Bonchev–Trinajstić information content (AvgIpc) is 2.67. The Morgan fingerprint density at radius 1 is 1.07 bits per heavy atom. The van der Waals surface area contributed by atoms with E-state index in [1.165, 1.54) is 5.56 Å². The molecule has 0 aliphatic heterocycles. The van der Waals surface area contributed by atoms with Crippen LogP contribution in [0.3, 0.4) is 0 Å². The van der Waals surface area contributed by atoms with Gasteiger partial charge < -0.3 is 14.8 Å². The molecule has 0 aliphatic rings. The summed E-state index contributed by atoms with van der Waals surface area (Å²) in [5, 5.41) is 3.01. The van der Waals surface area contributed by atoms with E-state index in [-0.39, 0.29) is 5.91 Å². The van der Waals surface area contributed by atoms with Gasteiger partial charge in [0.1, 0.15) is 11.5 Å². The van der Waals surface area contributed by atoms with Crippen molar-refractivity contribution in [2.24, 2.45) is 0 Å². The minimum Gasteiger partial charge on any atom is -0.493 e. The molecule has 1 amide bonds. The molecular weight excluding hydrogens is 350 g/mol. The molecule has 1 N–H and O–H groups in total. The molecule has 2 aromatic carbocycles. The second-order valence-electron chi connectivity index (χ2n) is 7.19. The van der Waals surface area contributed by atoms with Crippen LogP contribution in [0.5, 0.6) is 11.5 Å². The number of nitrogens with one attached hydrogen (secondary N) is 1. The second-order valence-corrected chi connectivity index (χ2v) is 7.19. The van der Waals surface area contributed by atoms with Crippen molar-refractivity contribution < 1.29 is 14.3 Å². The second kappa shape index (κ2) is 11.4. The summed E-state index contributed by atoms with van der Waals surface area (Å²) < 4.78 is 11.7. The van der Waals surface area contributed by atoms with Gasteiger partial charge in [-0.25, -0.2) is 0 Å². The highest BCUT2D eigenvalue weighted by Gasteiger charge is 2.18. The zero-order valence-electron chi connectivity index (χ0n) is 17.6. The van der Waals surface area contributed by atoms with Gasteiger partial charge >= 0.3 is 0 Å². The number of carbonyl (C=O) groups is 1. The van der Waals surface area contributed by atoms with Gasteiger partial charge in [-0.15, -0.1) is 0 Å². The topological polar surface area (TPSA) is 47.6 Å². The number of carbonyl (C=O) groups excluding carboxylic acids is 1. The molecule has 1 atom stereocenters. The monoisotopic (exact) mass is 383 g/mol. The number of para-hydroxylation sites is 1. The molecule has 0 bridgehead atoms. The molecule has 0 heterocycles.